The Labute approximate surface area is 206 Å². The van der Waals surface area contributed by atoms with Crippen LogP contribution in [0.15, 0.2) is 42.9 Å². The van der Waals surface area contributed by atoms with Crippen molar-refractivity contribution in [2.24, 2.45) is 0 Å². The molecular formula is C26H32N8O. The number of anilines is 2. The quantitative estimate of drug-likeness (QED) is 0.508. The molecule has 1 aromatic carbocycles. The first-order chi connectivity index (χ1) is 17.0. The van der Waals surface area contributed by atoms with Crippen LogP contribution < -0.4 is 10.6 Å². The van der Waals surface area contributed by atoms with Crippen LogP contribution in [-0.4, -0.2) is 56.7 Å². The highest BCUT2D eigenvalue weighted by Crippen LogP contribution is 2.25. The van der Waals surface area contributed by atoms with Crippen molar-refractivity contribution in [3.8, 4) is 17.3 Å². The van der Waals surface area contributed by atoms with Crippen molar-refractivity contribution in [1.82, 2.24) is 30.0 Å². The number of aryl methyl sites for hydroxylation is 1. The zero-order valence-corrected chi connectivity index (χ0v) is 20.5. The molecule has 4 rings (SSSR count). The van der Waals surface area contributed by atoms with E-state index < -0.39 is 6.04 Å². The topological polar surface area (TPSA) is 112 Å². The first kappa shape index (κ1) is 24.4. The molecule has 3 heterocycles. The number of carbonyl (C=O) groups is 1. The summed E-state index contributed by atoms with van der Waals surface area (Å²) in [5, 5.41) is 19.8. The summed E-state index contributed by atoms with van der Waals surface area (Å²) in [7, 11) is 2.15. The number of aromatic nitrogens is 4. The van der Waals surface area contributed by atoms with Gasteiger partial charge in [-0.15, -0.1) is 0 Å². The van der Waals surface area contributed by atoms with Gasteiger partial charge in [0.2, 0.25) is 5.95 Å². The number of hydrogen-bond donors (Lipinski definition) is 2. The van der Waals surface area contributed by atoms with Crippen LogP contribution in [0.4, 0.5) is 11.6 Å². The molecule has 1 saturated heterocycles. The predicted octanol–water partition coefficient (Wildman–Crippen LogP) is 4.08. The number of piperidine rings is 1. The number of nitrogens with zero attached hydrogens (tertiary/aromatic N) is 6. The van der Waals surface area contributed by atoms with Gasteiger partial charge in [0.15, 0.2) is 0 Å². The number of hydrogen-bond acceptors (Lipinski definition) is 7. The summed E-state index contributed by atoms with van der Waals surface area (Å²) in [5.41, 5.74) is 3.97. The number of rotatable bonds is 8. The van der Waals surface area contributed by atoms with Crippen molar-refractivity contribution < 1.29 is 4.79 Å². The third-order valence-electron chi connectivity index (χ3n) is 6.35. The minimum Gasteiger partial charge on any atom is -0.336 e. The van der Waals surface area contributed by atoms with E-state index in [2.05, 4.69) is 38.7 Å². The van der Waals surface area contributed by atoms with Crippen LogP contribution in [0.3, 0.4) is 0 Å². The molecule has 182 valence electrons. The molecule has 9 heteroatoms. The van der Waals surface area contributed by atoms with Gasteiger partial charge in [-0.3, -0.25) is 9.48 Å². The Bertz CT molecular complexity index is 1190. The molecule has 1 unspecified atom stereocenters. The minimum absolute atomic E-state index is 0.250. The fraction of sp³-hybridized carbons (Fsp3) is 0.423. The van der Waals surface area contributed by atoms with Gasteiger partial charge in [0.05, 0.1) is 29.7 Å². The van der Waals surface area contributed by atoms with Crippen molar-refractivity contribution >= 4 is 17.5 Å². The summed E-state index contributed by atoms with van der Waals surface area (Å²) >= 11 is 0. The van der Waals surface area contributed by atoms with Crippen LogP contribution in [0.5, 0.6) is 0 Å². The molecule has 9 nitrogen and oxygen atoms in total. The van der Waals surface area contributed by atoms with Gasteiger partial charge in [0, 0.05) is 23.5 Å². The lowest BCUT2D eigenvalue weighted by Gasteiger charge is -2.28. The fourth-order valence-corrected chi connectivity index (χ4v) is 4.26. The maximum atomic E-state index is 12.5. The number of likely N-dealkylation sites (tertiary alicyclic amines) is 1. The molecule has 0 spiro atoms. The van der Waals surface area contributed by atoms with Crippen molar-refractivity contribution in [2.45, 2.75) is 51.6 Å². The van der Waals surface area contributed by atoms with Gasteiger partial charge in [-0.25, -0.2) is 9.97 Å². The van der Waals surface area contributed by atoms with Crippen LogP contribution in [0.1, 0.15) is 54.6 Å². The van der Waals surface area contributed by atoms with E-state index in [-0.39, 0.29) is 5.91 Å². The molecule has 0 saturated carbocycles. The zero-order chi connectivity index (χ0) is 24.8. The summed E-state index contributed by atoms with van der Waals surface area (Å²) in [6.07, 6.45) is 9.25. The second-order valence-electron chi connectivity index (χ2n) is 9.11. The number of benzene rings is 1. The van der Waals surface area contributed by atoms with Gasteiger partial charge < -0.3 is 15.5 Å². The highest BCUT2D eigenvalue weighted by molar-refractivity contribution is 5.95. The third kappa shape index (κ3) is 6.03. The van der Waals surface area contributed by atoms with Crippen LogP contribution in [-0.2, 0) is 0 Å². The highest BCUT2D eigenvalue weighted by Gasteiger charge is 2.19. The molecule has 0 radical (unpaired) electrons. The average Bonchev–Trinajstić information content (AvgIpc) is 3.34. The van der Waals surface area contributed by atoms with E-state index in [0.29, 0.717) is 24.0 Å². The Morgan fingerprint density at radius 2 is 1.97 bits per heavy atom. The molecule has 35 heavy (non-hydrogen) atoms. The largest absolute Gasteiger partial charge is 0.336 e. The van der Waals surface area contributed by atoms with Gasteiger partial charge in [-0.05, 0) is 64.0 Å². The second kappa shape index (κ2) is 11.1. The van der Waals surface area contributed by atoms with E-state index in [1.165, 1.54) is 0 Å². The maximum absolute atomic E-state index is 12.5. The minimum atomic E-state index is -0.478. The number of nitriles is 1. The molecule has 3 aromatic rings. The molecule has 1 aliphatic heterocycles. The van der Waals surface area contributed by atoms with Crippen LogP contribution in [0.2, 0.25) is 0 Å². The molecule has 2 aromatic heterocycles. The Hall–Kier alpha value is -3.77. The van der Waals surface area contributed by atoms with E-state index in [1.807, 2.05) is 43.1 Å². The van der Waals surface area contributed by atoms with E-state index in [0.717, 1.165) is 54.9 Å². The van der Waals surface area contributed by atoms with Crippen LogP contribution in [0.25, 0.3) is 11.3 Å². The van der Waals surface area contributed by atoms with Crippen molar-refractivity contribution in [3.05, 3.63) is 54.0 Å². The summed E-state index contributed by atoms with van der Waals surface area (Å²) < 4.78 is 2.03. The van der Waals surface area contributed by atoms with Crippen LogP contribution in [0, 0.1) is 18.3 Å². The third-order valence-corrected chi connectivity index (χ3v) is 6.35. The lowest BCUT2D eigenvalue weighted by Crippen LogP contribution is -2.33. The predicted molar refractivity (Wildman–Crippen MR) is 135 cm³/mol. The van der Waals surface area contributed by atoms with E-state index in [4.69, 9.17) is 4.98 Å². The summed E-state index contributed by atoms with van der Waals surface area (Å²) in [4.78, 5) is 24.0. The summed E-state index contributed by atoms with van der Waals surface area (Å²) in [6.45, 7) is 6.10. The molecule has 2 N–H and O–H groups in total. The fourth-order valence-electron chi connectivity index (χ4n) is 4.26. The standard InChI is InChI=1S/C26H32N8O/c1-4-5-21(14-27)30-25(35)20-8-6-19(7-9-20)24-18(2)15-28-26(32-24)31-22-16-29-34(17-22)23-10-12-33(3)13-11-23/h6-9,15-17,21,23H,4-5,10-13H2,1-3H3,(H,30,35)(H,28,31,32). The first-order valence-electron chi connectivity index (χ1n) is 12.1. The summed E-state index contributed by atoms with van der Waals surface area (Å²) in [5.74, 6) is 0.242. The molecule has 0 aliphatic carbocycles. The number of nitrogens with one attached hydrogen (secondary N) is 2. The van der Waals surface area contributed by atoms with E-state index >= 15 is 0 Å². The molecule has 1 amide bonds. The maximum Gasteiger partial charge on any atom is 0.252 e. The van der Waals surface area contributed by atoms with Gasteiger partial charge >= 0.3 is 0 Å². The zero-order valence-electron chi connectivity index (χ0n) is 20.5. The number of carbonyl (C=O) groups excluding carboxylic acids is 1. The van der Waals surface area contributed by atoms with Crippen molar-refractivity contribution in [1.29, 1.82) is 5.26 Å². The van der Waals surface area contributed by atoms with Gasteiger partial charge in [-0.1, -0.05) is 25.5 Å². The average molecular weight is 473 g/mol. The lowest BCUT2D eigenvalue weighted by atomic mass is 10.1. The normalized spacial score (nSPS) is 15.4. The SMILES string of the molecule is CCCC(C#N)NC(=O)c1ccc(-c2nc(Nc3cnn(C4CCN(C)CC4)c3)ncc2C)cc1. The molecule has 0 bridgehead atoms. The van der Waals surface area contributed by atoms with E-state index in [9.17, 15) is 10.1 Å². The van der Waals surface area contributed by atoms with Gasteiger partial charge in [0.25, 0.3) is 5.91 Å². The summed E-state index contributed by atoms with van der Waals surface area (Å²) in [6, 6.07) is 9.32. The van der Waals surface area contributed by atoms with Gasteiger partial charge in [-0.2, -0.15) is 10.4 Å². The van der Waals surface area contributed by atoms with Crippen molar-refractivity contribution in [3.63, 3.8) is 0 Å². The number of amides is 1. The van der Waals surface area contributed by atoms with Crippen molar-refractivity contribution in [2.75, 3.05) is 25.5 Å². The molecule has 1 aliphatic rings. The van der Waals surface area contributed by atoms with E-state index in [1.54, 1.807) is 18.3 Å². The first-order valence-corrected chi connectivity index (χ1v) is 12.1. The highest BCUT2D eigenvalue weighted by atomic mass is 16.1. The molecule has 1 fully saturated rings. The molecule has 1 atom stereocenters. The van der Waals surface area contributed by atoms with Gasteiger partial charge in [0.1, 0.15) is 6.04 Å². The smallest absolute Gasteiger partial charge is 0.252 e. The monoisotopic (exact) mass is 472 g/mol. The molecular weight excluding hydrogens is 440 g/mol. The Balaban J connectivity index is 1.45. The lowest BCUT2D eigenvalue weighted by molar-refractivity contribution is 0.0944. The Kier molecular flexibility index (Phi) is 7.73. The Morgan fingerprint density at radius 1 is 1.23 bits per heavy atom. The van der Waals surface area contributed by atoms with Crippen LogP contribution >= 0.6 is 0 Å². The second-order valence-corrected chi connectivity index (χ2v) is 9.11. The Morgan fingerprint density at radius 3 is 2.66 bits per heavy atom.